The first-order chi connectivity index (χ1) is 5.02. The first kappa shape index (κ1) is 10.4. The van der Waals surface area contributed by atoms with E-state index in [1.807, 2.05) is 0 Å². The lowest BCUT2D eigenvalue weighted by Crippen LogP contribution is -2.24. The lowest BCUT2D eigenvalue weighted by atomic mass is 10.0. The van der Waals surface area contributed by atoms with Gasteiger partial charge in [-0.1, -0.05) is 13.8 Å². The summed E-state index contributed by atoms with van der Waals surface area (Å²) in [7, 11) is 0. The van der Waals surface area contributed by atoms with Crippen LogP contribution >= 0.6 is 0 Å². The molecule has 3 nitrogen and oxygen atoms in total. The maximum Gasteiger partial charge on any atom is 0.217 e. The highest BCUT2D eigenvalue weighted by atomic mass is 16.1. The van der Waals surface area contributed by atoms with E-state index >= 15 is 0 Å². The van der Waals surface area contributed by atoms with Crippen molar-refractivity contribution >= 4 is 5.91 Å². The minimum atomic E-state index is -0.260. The monoisotopic (exact) mass is 158 g/mol. The molecule has 0 aromatic rings. The summed E-state index contributed by atoms with van der Waals surface area (Å²) in [4.78, 5) is 10.4. The van der Waals surface area contributed by atoms with Crippen molar-refractivity contribution in [3.05, 3.63) is 0 Å². The van der Waals surface area contributed by atoms with E-state index in [2.05, 4.69) is 13.8 Å². The highest BCUT2D eigenvalue weighted by Gasteiger charge is 2.06. The van der Waals surface area contributed by atoms with Gasteiger partial charge in [0.2, 0.25) is 5.91 Å². The van der Waals surface area contributed by atoms with Gasteiger partial charge in [0.25, 0.3) is 0 Å². The molecule has 0 spiro atoms. The molecule has 0 aliphatic carbocycles. The van der Waals surface area contributed by atoms with Crippen molar-refractivity contribution < 1.29 is 4.79 Å². The molecule has 0 aliphatic heterocycles. The van der Waals surface area contributed by atoms with Gasteiger partial charge in [0.15, 0.2) is 0 Å². The van der Waals surface area contributed by atoms with Gasteiger partial charge in [-0.25, -0.2) is 0 Å². The number of carbonyl (C=O) groups excluding carboxylic acids is 1. The summed E-state index contributed by atoms with van der Waals surface area (Å²) in [6, 6.07) is 0.127. The maximum absolute atomic E-state index is 10.4. The molecule has 0 saturated heterocycles. The molecule has 4 N–H and O–H groups in total. The molecule has 66 valence electrons. The van der Waals surface area contributed by atoms with Gasteiger partial charge in [0.05, 0.1) is 0 Å². The molecule has 0 aromatic heterocycles. The van der Waals surface area contributed by atoms with Gasteiger partial charge in [-0.15, -0.1) is 0 Å². The van der Waals surface area contributed by atoms with Gasteiger partial charge in [-0.05, 0) is 18.8 Å². The summed E-state index contributed by atoms with van der Waals surface area (Å²) < 4.78 is 0. The second kappa shape index (κ2) is 5.13. The third-order valence-electron chi connectivity index (χ3n) is 1.54. The van der Waals surface area contributed by atoms with Crippen LogP contribution in [-0.4, -0.2) is 11.9 Å². The molecule has 1 atom stereocenters. The van der Waals surface area contributed by atoms with Gasteiger partial charge < -0.3 is 11.5 Å². The quantitative estimate of drug-likeness (QED) is 0.616. The Labute approximate surface area is 68.1 Å². The highest BCUT2D eigenvalue weighted by Crippen LogP contribution is 2.06. The SMILES string of the molecule is CC(C)C[C@@H](N)CCC(N)=O. The fourth-order valence-corrected chi connectivity index (χ4v) is 1.05. The van der Waals surface area contributed by atoms with Crippen molar-refractivity contribution in [2.45, 2.75) is 39.2 Å². The van der Waals surface area contributed by atoms with E-state index in [1.54, 1.807) is 0 Å². The molecule has 0 rings (SSSR count). The molecule has 0 saturated carbocycles. The minimum absolute atomic E-state index is 0.127. The maximum atomic E-state index is 10.4. The van der Waals surface area contributed by atoms with Gasteiger partial charge in [0.1, 0.15) is 0 Å². The summed E-state index contributed by atoms with van der Waals surface area (Å²) in [5, 5.41) is 0. The standard InChI is InChI=1S/C8H18N2O/c1-6(2)5-7(9)3-4-8(10)11/h6-7H,3-5,9H2,1-2H3,(H2,10,11)/t7-/m0/s1. The lowest BCUT2D eigenvalue weighted by molar-refractivity contribution is -0.118. The van der Waals surface area contributed by atoms with E-state index in [1.165, 1.54) is 0 Å². The van der Waals surface area contributed by atoms with Crippen molar-refractivity contribution in [2.75, 3.05) is 0 Å². The number of rotatable bonds is 5. The summed E-state index contributed by atoms with van der Waals surface area (Å²) in [6.07, 6.45) is 2.09. The number of primary amides is 1. The molecule has 0 heterocycles. The van der Waals surface area contributed by atoms with Crippen molar-refractivity contribution in [1.29, 1.82) is 0 Å². The Morgan fingerprint density at radius 1 is 1.45 bits per heavy atom. The molecular formula is C8H18N2O. The zero-order valence-corrected chi connectivity index (χ0v) is 7.34. The molecular weight excluding hydrogens is 140 g/mol. The first-order valence-corrected chi connectivity index (χ1v) is 4.06. The molecule has 0 radical (unpaired) electrons. The van der Waals surface area contributed by atoms with E-state index in [-0.39, 0.29) is 11.9 Å². The average molecular weight is 158 g/mol. The number of nitrogens with two attached hydrogens (primary N) is 2. The molecule has 11 heavy (non-hydrogen) atoms. The number of carbonyl (C=O) groups is 1. The Bertz CT molecular complexity index is 123. The van der Waals surface area contributed by atoms with Crippen LogP contribution < -0.4 is 11.5 Å². The van der Waals surface area contributed by atoms with Crippen molar-refractivity contribution in [2.24, 2.45) is 17.4 Å². The predicted octanol–water partition coefficient (Wildman–Crippen LogP) is 0.625. The van der Waals surface area contributed by atoms with Crippen LogP contribution in [0.1, 0.15) is 33.1 Å². The van der Waals surface area contributed by atoms with E-state index in [0.29, 0.717) is 18.8 Å². The number of hydrogen-bond acceptors (Lipinski definition) is 2. The van der Waals surface area contributed by atoms with E-state index in [9.17, 15) is 4.79 Å². The highest BCUT2D eigenvalue weighted by molar-refractivity contribution is 5.73. The third-order valence-corrected chi connectivity index (χ3v) is 1.54. The van der Waals surface area contributed by atoms with Crippen LogP contribution in [0.2, 0.25) is 0 Å². The van der Waals surface area contributed by atoms with E-state index < -0.39 is 0 Å². The Kier molecular flexibility index (Phi) is 4.86. The fourth-order valence-electron chi connectivity index (χ4n) is 1.05. The smallest absolute Gasteiger partial charge is 0.217 e. The fraction of sp³-hybridized carbons (Fsp3) is 0.875. The minimum Gasteiger partial charge on any atom is -0.370 e. The summed E-state index contributed by atoms with van der Waals surface area (Å²) in [5.74, 6) is 0.335. The third kappa shape index (κ3) is 7.33. The summed E-state index contributed by atoms with van der Waals surface area (Å²) in [5.41, 5.74) is 10.7. The molecule has 0 unspecified atom stereocenters. The second-order valence-corrected chi connectivity index (χ2v) is 3.39. The Hall–Kier alpha value is -0.570. The van der Waals surface area contributed by atoms with E-state index in [0.717, 1.165) is 6.42 Å². The topological polar surface area (TPSA) is 69.1 Å². The number of hydrogen-bond donors (Lipinski definition) is 2. The molecule has 0 aromatic carbocycles. The predicted molar refractivity (Wildman–Crippen MR) is 45.9 cm³/mol. The largest absolute Gasteiger partial charge is 0.370 e. The Morgan fingerprint density at radius 2 is 2.00 bits per heavy atom. The molecule has 0 bridgehead atoms. The normalized spacial score (nSPS) is 13.5. The van der Waals surface area contributed by atoms with Crippen molar-refractivity contribution in [1.82, 2.24) is 0 Å². The van der Waals surface area contributed by atoms with Gasteiger partial charge in [-0.2, -0.15) is 0 Å². The number of amides is 1. The van der Waals surface area contributed by atoms with Crippen LogP contribution in [0.4, 0.5) is 0 Å². The molecule has 0 aliphatic rings. The van der Waals surface area contributed by atoms with Crippen LogP contribution in [0.25, 0.3) is 0 Å². The first-order valence-electron chi connectivity index (χ1n) is 4.06. The van der Waals surface area contributed by atoms with Crippen LogP contribution in [0.3, 0.4) is 0 Å². The zero-order chi connectivity index (χ0) is 8.85. The zero-order valence-electron chi connectivity index (χ0n) is 7.34. The second-order valence-electron chi connectivity index (χ2n) is 3.39. The van der Waals surface area contributed by atoms with Crippen LogP contribution in [-0.2, 0) is 4.79 Å². The Morgan fingerprint density at radius 3 is 2.36 bits per heavy atom. The van der Waals surface area contributed by atoms with Crippen molar-refractivity contribution in [3.8, 4) is 0 Å². The molecule has 0 fully saturated rings. The van der Waals surface area contributed by atoms with E-state index in [4.69, 9.17) is 11.5 Å². The summed E-state index contributed by atoms with van der Waals surface area (Å²) in [6.45, 7) is 4.23. The summed E-state index contributed by atoms with van der Waals surface area (Å²) >= 11 is 0. The van der Waals surface area contributed by atoms with Gasteiger partial charge in [-0.3, -0.25) is 4.79 Å². The van der Waals surface area contributed by atoms with Crippen LogP contribution in [0.5, 0.6) is 0 Å². The van der Waals surface area contributed by atoms with Crippen LogP contribution in [0.15, 0.2) is 0 Å². The van der Waals surface area contributed by atoms with Crippen molar-refractivity contribution in [3.63, 3.8) is 0 Å². The van der Waals surface area contributed by atoms with Gasteiger partial charge >= 0.3 is 0 Å². The average Bonchev–Trinajstić information content (AvgIpc) is 1.82. The van der Waals surface area contributed by atoms with Crippen LogP contribution in [0, 0.1) is 5.92 Å². The molecule has 1 amide bonds. The lowest BCUT2D eigenvalue weighted by Gasteiger charge is -2.12. The molecule has 3 heteroatoms. The Balaban J connectivity index is 3.37. The van der Waals surface area contributed by atoms with Gasteiger partial charge in [0, 0.05) is 12.5 Å².